The lowest BCUT2D eigenvalue weighted by Crippen LogP contribution is -2.51. The second kappa shape index (κ2) is 10.7. The Morgan fingerprint density at radius 2 is 1.55 bits per heavy atom. The lowest BCUT2D eigenvalue weighted by molar-refractivity contribution is 0.1000. The van der Waals surface area contributed by atoms with Gasteiger partial charge in [-0.25, -0.2) is 0 Å². The van der Waals surface area contributed by atoms with Crippen LogP contribution in [0.25, 0.3) is 39.5 Å². The smallest absolute Gasteiger partial charge is 0.260 e. The van der Waals surface area contributed by atoms with E-state index in [1.165, 1.54) is 12.1 Å². The maximum Gasteiger partial charge on any atom is 0.260 e. The van der Waals surface area contributed by atoms with Crippen LogP contribution in [0.2, 0.25) is 0 Å². The number of H-pyrrole nitrogens is 1. The number of aliphatic hydroxyl groups excluding tert-OH is 2. The zero-order valence-corrected chi connectivity index (χ0v) is 26.0. The molecule has 7 rings (SSSR count). The van der Waals surface area contributed by atoms with Gasteiger partial charge in [-0.15, -0.1) is 0 Å². The number of aromatic amines is 1. The number of benzene rings is 2. The van der Waals surface area contributed by atoms with Gasteiger partial charge in [0.1, 0.15) is 22.7 Å². The predicted molar refractivity (Wildman–Crippen MR) is 181 cm³/mol. The third-order valence-electron chi connectivity index (χ3n) is 9.48. The van der Waals surface area contributed by atoms with E-state index < -0.39 is 82.5 Å². The Hall–Kier alpha value is -6.56. The zero-order valence-electron chi connectivity index (χ0n) is 26.0. The van der Waals surface area contributed by atoms with Gasteiger partial charge in [0.05, 0.1) is 33.4 Å². The van der Waals surface area contributed by atoms with Gasteiger partial charge in [-0.05, 0) is 60.7 Å². The first-order valence-electron chi connectivity index (χ1n) is 15.1. The minimum atomic E-state index is -2.10. The summed E-state index contributed by atoms with van der Waals surface area (Å²) in [5.74, 6) is -3.38. The van der Waals surface area contributed by atoms with Gasteiger partial charge in [0.25, 0.3) is 5.56 Å². The highest BCUT2D eigenvalue weighted by Crippen LogP contribution is 2.57. The number of aromatic nitrogens is 1. The molecule has 6 N–H and O–H groups in total. The summed E-state index contributed by atoms with van der Waals surface area (Å²) in [6, 6.07) is 8.59. The summed E-state index contributed by atoms with van der Waals surface area (Å²) in [6.45, 7) is 1.82. The number of phenols is 1. The number of carbonyl (C=O) groups excluding carboxylic acids is 1. The number of methoxy groups -OCH3 is 1. The molecule has 49 heavy (non-hydrogen) atoms. The first-order valence-corrected chi connectivity index (χ1v) is 15.1. The number of rotatable bonds is 5. The number of primary amides is 1. The van der Waals surface area contributed by atoms with E-state index in [1.54, 1.807) is 42.5 Å². The summed E-state index contributed by atoms with van der Waals surface area (Å²) in [6.07, 6.45) is 6.78. The Labute approximate surface area is 273 Å². The molecule has 0 fully saturated rings. The Balaban J connectivity index is 1.66. The third kappa shape index (κ3) is 4.03. The molecular weight excluding hydrogens is 632 g/mol. The molecule has 0 bridgehead atoms. The van der Waals surface area contributed by atoms with Gasteiger partial charge in [0.2, 0.25) is 22.2 Å². The number of hydrogen-bond acceptors (Lipinski definition) is 10. The van der Waals surface area contributed by atoms with Gasteiger partial charge in [-0.1, -0.05) is 30.4 Å². The van der Waals surface area contributed by atoms with Crippen LogP contribution in [0.4, 0.5) is 0 Å². The fourth-order valence-corrected chi connectivity index (χ4v) is 7.36. The second-order valence-electron chi connectivity index (χ2n) is 11.9. The van der Waals surface area contributed by atoms with E-state index in [0.717, 1.165) is 13.2 Å². The number of aromatic hydroxyl groups is 1. The normalized spacial score (nSPS) is 16.9. The van der Waals surface area contributed by atoms with Gasteiger partial charge in [0, 0.05) is 28.3 Å². The maximum atomic E-state index is 13.9. The van der Waals surface area contributed by atoms with Crippen LogP contribution in [0.15, 0.2) is 78.6 Å². The van der Waals surface area contributed by atoms with Crippen LogP contribution in [0.1, 0.15) is 40.5 Å². The molecule has 1 atom stereocenters. The standard InChI is InChI=1S/C37H26N2O10/c1-3-4-5-6-17-13-19-22(15-7-9-16(10-8-15)35(38)47)18-11-12-37(28(18)32(44)23(19)36(48)39-17)33(45)26-27(34(37)46)31(43)25-24(30(26)42)20(40)14-21(49-2)29(25)41/h3-10,13-14,44-46H,11-12H2,1-2H3,(H2,38,47)(H,39,48)/b4-3+,6-5+. The van der Waals surface area contributed by atoms with Crippen molar-refractivity contribution in [3.05, 3.63) is 149 Å². The molecule has 1 amide bonds. The number of carbonyl (C=O) groups is 1. The molecule has 4 aliphatic rings. The van der Waals surface area contributed by atoms with Crippen LogP contribution in [0, 0.1) is 10.4 Å². The third-order valence-corrected chi connectivity index (χ3v) is 9.48. The first-order chi connectivity index (χ1) is 23.4. The number of ether oxygens (including phenoxy) is 1. The summed E-state index contributed by atoms with van der Waals surface area (Å²) in [5.41, 5.74) is 0.0509. The Kier molecular flexibility index (Phi) is 6.81. The van der Waals surface area contributed by atoms with Crippen molar-refractivity contribution >= 4 is 34.3 Å². The molecule has 3 aromatic rings. The molecule has 1 heterocycles. The number of amides is 1. The number of allylic oxidation sites excluding steroid dienone is 3. The van der Waals surface area contributed by atoms with Crippen molar-refractivity contribution in [2.24, 2.45) is 5.73 Å². The fraction of sp³-hybridized carbons (Fsp3) is 0.135. The number of pyridine rings is 1. The van der Waals surface area contributed by atoms with E-state index in [4.69, 9.17) is 10.5 Å². The van der Waals surface area contributed by atoms with Crippen molar-refractivity contribution < 1.29 is 24.9 Å². The molecule has 0 radical (unpaired) electrons. The molecule has 1 spiro atoms. The van der Waals surface area contributed by atoms with E-state index in [0.29, 0.717) is 27.8 Å². The number of nitrogens with two attached hydrogens (primary N) is 1. The molecule has 12 heteroatoms. The highest BCUT2D eigenvalue weighted by Gasteiger charge is 2.54. The van der Waals surface area contributed by atoms with E-state index in [9.17, 15) is 44.1 Å². The predicted octanol–water partition coefficient (Wildman–Crippen LogP) is 0.869. The summed E-state index contributed by atoms with van der Waals surface area (Å²) >= 11 is 0. The SMILES string of the molecule is C/C=C/C=C/c1cc2c(-c3ccc(C(N)=O)cc3)c3c(c(O)c2c(=O)[nH]1)C1(CC3)C(O)=c2c(=O)c3c(=O)cc(OC)c(=O)c=3c(=O)c2=C1O. The van der Waals surface area contributed by atoms with E-state index in [2.05, 4.69) is 4.98 Å². The van der Waals surface area contributed by atoms with Crippen molar-refractivity contribution in [2.75, 3.05) is 7.11 Å². The molecule has 0 aliphatic heterocycles. The van der Waals surface area contributed by atoms with Crippen molar-refractivity contribution in [3.8, 4) is 22.6 Å². The van der Waals surface area contributed by atoms with Crippen LogP contribution < -0.4 is 48.2 Å². The summed E-state index contributed by atoms with van der Waals surface area (Å²) < 4.78 is 4.94. The van der Waals surface area contributed by atoms with Crippen molar-refractivity contribution in [2.45, 2.75) is 25.2 Å². The summed E-state index contributed by atoms with van der Waals surface area (Å²) in [4.78, 5) is 82.1. The molecule has 0 saturated heterocycles. The lowest BCUT2D eigenvalue weighted by atomic mass is 9.77. The minimum absolute atomic E-state index is 0.0553. The molecule has 4 aliphatic carbocycles. The van der Waals surface area contributed by atoms with Gasteiger partial charge in [-0.2, -0.15) is 0 Å². The molecule has 0 saturated carbocycles. The summed E-state index contributed by atoms with van der Waals surface area (Å²) in [5, 5.41) is 32.9. The maximum absolute atomic E-state index is 13.9. The van der Waals surface area contributed by atoms with Gasteiger partial charge in [0.15, 0.2) is 11.2 Å². The lowest BCUT2D eigenvalue weighted by Gasteiger charge is -2.28. The number of nitrogens with one attached hydrogen (secondary N) is 1. The molecule has 244 valence electrons. The Bertz CT molecular complexity index is 2880. The summed E-state index contributed by atoms with van der Waals surface area (Å²) in [7, 11) is 1.11. The number of fused-ring (bicyclic) bond motifs is 4. The monoisotopic (exact) mass is 658 g/mol. The van der Waals surface area contributed by atoms with Crippen LogP contribution in [-0.4, -0.2) is 33.3 Å². The first kappa shape index (κ1) is 31.1. The highest BCUT2D eigenvalue weighted by atomic mass is 16.5. The molecule has 1 unspecified atom stereocenters. The molecule has 1 aromatic heterocycles. The topological polar surface area (TPSA) is 214 Å². The molecule has 2 aromatic carbocycles. The van der Waals surface area contributed by atoms with Gasteiger partial charge < -0.3 is 30.8 Å². The van der Waals surface area contributed by atoms with Crippen molar-refractivity contribution in [1.82, 2.24) is 4.98 Å². The second-order valence-corrected chi connectivity index (χ2v) is 11.9. The van der Waals surface area contributed by atoms with Crippen LogP contribution in [0.5, 0.6) is 11.5 Å². The minimum Gasteiger partial charge on any atom is -0.510 e. The van der Waals surface area contributed by atoms with Gasteiger partial charge >= 0.3 is 0 Å². The Morgan fingerprint density at radius 1 is 0.898 bits per heavy atom. The van der Waals surface area contributed by atoms with E-state index >= 15 is 0 Å². The molecular formula is C37H26N2O10. The van der Waals surface area contributed by atoms with Crippen LogP contribution in [0.3, 0.4) is 0 Å². The number of aliphatic hydroxyl groups is 2. The van der Waals surface area contributed by atoms with Crippen molar-refractivity contribution in [1.29, 1.82) is 0 Å². The Morgan fingerprint density at radius 3 is 2.16 bits per heavy atom. The van der Waals surface area contributed by atoms with Gasteiger partial charge in [-0.3, -0.25) is 28.8 Å². The average molecular weight is 659 g/mol. The van der Waals surface area contributed by atoms with E-state index in [-0.39, 0.29) is 29.4 Å². The van der Waals surface area contributed by atoms with Crippen LogP contribution in [-0.2, 0) is 11.8 Å². The largest absolute Gasteiger partial charge is 0.510 e. The van der Waals surface area contributed by atoms with E-state index in [1.807, 2.05) is 6.92 Å². The zero-order chi connectivity index (χ0) is 35.1. The van der Waals surface area contributed by atoms with Crippen molar-refractivity contribution in [3.63, 3.8) is 0 Å². The molecule has 12 nitrogen and oxygen atoms in total. The number of phenolic OH excluding ortho intramolecular Hbond substituents is 1. The quantitative estimate of drug-likeness (QED) is 0.168. The highest BCUT2D eigenvalue weighted by molar-refractivity contribution is 6.05. The average Bonchev–Trinajstić information content (AvgIpc) is 3.57. The fourth-order valence-electron chi connectivity index (χ4n) is 7.36. The number of hydrogen-bond donors (Lipinski definition) is 5. The van der Waals surface area contributed by atoms with Crippen LogP contribution >= 0.6 is 0 Å².